The number of benzene rings is 2. The van der Waals surface area contributed by atoms with Crippen molar-refractivity contribution in [3.8, 4) is 5.75 Å². The van der Waals surface area contributed by atoms with Crippen molar-refractivity contribution in [2.75, 3.05) is 13.1 Å². The van der Waals surface area contributed by atoms with E-state index in [4.69, 9.17) is 9.15 Å². The van der Waals surface area contributed by atoms with Gasteiger partial charge in [-0.15, -0.1) is 0 Å². The third-order valence-electron chi connectivity index (χ3n) is 5.85. The van der Waals surface area contributed by atoms with Crippen LogP contribution in [0, 0.1) is 5.92 Å². The van der Waals surface area contributed by atoms with Crippen LogP contribution in [0.15, 0.2) is 71.3 Å². The Bertz CT molecular complexity index is 958. The van der Waals surface area contributed by atoms with Crippen molar-refractivity contribution >= 4 is 5.91 Å². The first-order chi connectivity index (χ1) is 15.2. The van der Waals surface area contributed by atoms with Crippen molar-refractivity contribution in [2.45, 2.75) is 39.5 Å². The Balaban J connectivity index is 1.26. The van der Waals surface area contributed by atoms with Gasteiger partial charge in [0.15, 0.2) is 5.76 Å². The number of carbonyl (C=O) groups is 1. The molecule has 0 aliphatic carbocycles. The molecule has 5 heteroatoms. The third kappa shape index (κ3) is 5.98. The minimum Gasteiger partial charge on any atom is -0.489 e. The van der Waals surface area contributed by atoms with Gasteiger partial charge in [0.25, 0.3) is 5.91 Å². The number of furan rings is 1. The minimum atomic E-state index is -0.233. The summed E-state index contributed by atoms with van der Waals surface area (Å²) in [6, 6.07) is 19.8. The van der Waals surface area contributed by atoms with E-state index in [1.807, 2.05) is 30.3 Å². The van der Waals surface area contributed by atoms with Crippen LogP contribution in [0.25, 0.3) is 0 Å². The summed E-state index contributed by atoms with van der Waals surface area (Å²) >= 11 is 0. The van der Waals surface area contributed by atoms with Gasteiger partial charge in [0.05, 0.1) is 6.26 Å². The summed E-state index contributed by atoms with van der Waals surface area (Å²) in [5, 5.41) is 2.95. The van der Waals surface area contributed by atoms with E-state index in [1.165, 1.54) is 37.8 Å². The van der Waals surface area contributed by atoms with Crippen molar-refractivity contribution in [1.82, 2.24) is 10.2 Å². The van der Waals surface area contributed by atoms with Crippen molar-refractivity contribution in [2.24, 2.45) is 5.92 Å². The van der Waals surface area contributed by atoms with E-state index >= 15 is 0 Å². The summed E-state index contributed by atoms with van der Waals surface area (Å²) in [7, 11) is 0. The van der Waals surface area contributed by atoms with Crippen LogP contribution < -0.4 is 10.1 Å². The molecule has 5 nitrogen and oxygen atoms in total. The number of nitrogens with one attached hydrogen (secondary N) is 1. The first-order valence-corrected chi connectivity index (χ1v) is 11.0. The zero-order chi connectivity index (χ0) is 21.5. The monoisotopic (exact) mass is 418 g/mol. The third-order valence-corrected chi connectivity index (χ3v) is 5.85. The topological polar surface area (TPSA) is 54.7 Å². The Morgan fingerprint density at radius 3 is 2.48 bits per heavy atom. The maximum atomic E-state index is 12.6. The number of likely N-dealkylation sites (tertiary alicyclic amines) is 1. The van der Waals surface area contributed by atoms with Crippen LogP contribution in [-0.4, -0.2) is 23.9 Å². The summed E-state index contributed by atoms with van der Waals surface area (Å²) in [4.78, 5) is 15.1. The van der Waals surface area contributed by atoms with E-state index in [9.17, 15) is 4.79 Å². The lowest BCUT2D eigenvalue weighted by Crippen LogP contribution is -2.32. The molecule has 4 rings (SSSR count). The first-order valence-electron chi connectivity index (χ1n) is 11.0. The number of nitrogens with zero attached hydrogens (tertiary/aromatic N) is 1. The molecule has 1 aromatic heterocycles. The molecule has 2 heterocycles. The molecule has 1 N–H and O–H groups in total. The molecule has 162 valence electrons. The second-order valence-electron chi connectivity index (χ2n) is 8.33. The van der Waals surface area contributed by atoms with Gasteiger partial charge in [-0.05, 0) is 61.2 Å². The van der Waals surface area contributed by atoms with Gasteiger partial charge in [-0.2, -0.15) is 0 Å². The summed E-state index contributed by atoms with van der Waals surface area (Å²) in [6.45, 7) is 6.43. The maximum Gasteiger partial charge on any atom is 0.287 e. The molecular weight excluding hydrogens is 388 g/mol. The second-order valence-corrected chi connectivity index (χ2v) is 8.33. The number of para-hydroxylation sites is 1. The summed E-state index contributed by atoms with van der Waals surface area (Å²) in [5.74, 6) is 1.67. The number of hydrogen-bond donors (Lipinski definition) is 1. The highest BCUT2D eigenvalue weighted by molar-refractivity contribution is 5.92. The average Bonchev–Trinajstić information content (AvgIpc) is 3.28. The lowest BCUT2D eigenvalue weighted by atomic mass is 9.99. The van der Waals surface area contributed by atoms with E-state index < -0.39 is 0 Å². The van der Waals surface area contributed by atoms with Gasteiger partial charge in [0, 0.05) is 18.7 Å². The van der Waals surface area contributed by atoms with Crippen LogP contribution in [-0.2, 0) is 19.7 Å². The molecule has 1 fully saturated rings. The van der Waals surface area contributed by atoms with E-state index in [0.717, 1.165) is 29.3 Å². The zero-order valence-electron chi connectivity index (χ0n) is 18.0. The largest absolute Gasteiger partial charge is 0.489 e. The number of carbonyl (C=O) groups excluding carboxylic acids is 1. The quantitative estimate of drug-likeness (QED) is 0.558. The van der Waals surface area contributed by atoms with Crippen molar-refractivity contribution in [3.05, 3.63) is 89.4 Å². The Labute approximate surface area is 184 Å². The summed E-state index contributed by atoms with van der Waals surface area (Å²) in [5.41, 5.74) is 3.11. The van der Waals surface area contributed by atoms with Crippen molar-refractivity contribution in [3.63, 3.8) is 0 Å². The van der Waals surface area contributed by atoms with Crippen LogP contribution in [0.5, 0.6) is 5.75 Å². The average molecular weight is 419 g/mol. The Morgan fingerprint density at radius 2 is 1.74 bits per heavy atom. The molecule has 1 aliphatic rings. The van der Waals surface area contributed by atoms with Crippen LogP contribution in [0.2, 0.25) is 0 Å². The second kappa shape index (κ2) is 10.3. The fourth-order valence-corrected chi connectivity index (χ4v) is 3.83. The predicted molar refractivity (Wildman–Crippen MR) is 121 cm³/mol. The predicted octanol–water partition coefficient (Wildman–Crippen LogP) is 5.02. The van der Waals surface area contributed by atoms with Crippen LogP contribution in [0.1, 0.15) is 47.0 Å². The minimum absolute atomic E-state index is 0.233. The van der Waals surface area contributed by atoms with Crippen LogP contribution in [0.4, 0.5) is 0 Å². The molecule has 3 aromatic rings. The summed E-state index contributed by atoms with van der Waals surface area (Å²) < 4.78 is 11.2. The van der Waals surface area contributed by atoms with E-state index in [-0.39, 0.29) is 12.5 Å². The van der Waals surface area contributed by atoms with Gasteiger partial charge >= 0.3 is 0 Å². The lowest BCUT2D eigenvalue weighted by Gasteiger charge is -2.30. The van der Waals surface area contributed by atoms with Gasteiger partial charge < -0.3 is 14.5 Å². The number of amides is 1. The zero-order valence-corrected chi connectivity index (χ0v) is 18.0. The molecule has 0 radical (unpaired) electrons. The molecule has 1 amide bonds. The van der Waals surface area contributed by atoms with E-state index in [1.54, 1.807) is 6.07 Å². The highest BCUT2D eigenvalue weighted by Crippen LogP contribution is 2.19. The normalized spacial score (nSPS) is 15.0. The molecule has 0 spiro atoms. The molecule has 1 saturated heterocycles. The van der Waals surface area contributed by atoms with Gasteiger partial charge in [0.1, 0.15) is 12.4 Å². The molecule has 2 aromatic carbocycles. The SMILES string of the molecule is CC1CCN(Cc2ccc(CNC(=O)c3occc3COc3ccccc3)cc2)CC1. The number of piperidine rings is 1. The molecule has 1 aliphatic heterocycles. The van der Waals surface area contributed by atoms with Crippen molar-refractivity contribution in [1.29, 1.82) is 0 Å². The first kappa shape index (κ1) is 21.2. The number of rotatable bonds is 8. The smallest absolute Gasteiger partial charge is 0.287 e. The molecular formula is C26H30N2O3. The molecule has 0 bridgehead atoms. The fourth-order valence-electron chi connectivity index (χ4n) is 3.83. The standard InChI is InChI=1S/C26H30N2O3/c1-20-11-14-28(15-12-20)18-22-9-7-21(8-10-22)17-27-26(29)25-23(13-16-30-25)19-31-24-5-3-2-4-6-24/h2-10,13,16,20H,11-12,14-15,17-19H2,1H3,(H,27,29). The number of ether oxygens (including phenoxy) is 1. The fraction of sp³-hybridized carbons (Fsp3) is 0.346. The summed E-state index contributed by atoms with van der Waals surface area (Å²) in [6.07, 6.45) is 4.10. The van der Waals surface area contributed by atoms with Gasteiger partial charge in [-0.25, -0.2) is 0 Å². The van der Waals surface area contributed by atoms with Crippen molar-refractivity contribution < 1.29 is 13.9 Å². The Hall–Kier alpha value is -3.05. The molecule has 0 saturated carbocycles. The Kier molecular flexibility index (Phi) is 7.05. The molecule has 31 heavy (non-hydrogen) atoms. The number of hydrogen-bond acceptors (Lipinski definition) is 4. The lowest BCUT2D eigenvalue weighted by molar-refractivity contribution is 0.0919. The highest BCUT2D eigenvalue weighted by atomic mass is 16.5. The Morgan fingerprint density at radius 1 is 1.03 bits per heavy atom. The van der Waals surface area contributed by atoms with Gasteiger partial charge in [0.2, 0.25) is 0 Å². The van der Waals surface area contributed by atoms with E-state index in [2.05, 4.69) is 41.4 Å². The maximum absolute atomic E-state index is 12.6. The van der Waals surface area contributed by atoms with Crippen LogP contribution in [0.3, 0.4) is 0 Å². The van der Waals surface area contributed by atoms with Gasteiger partial charge in [-0.1, -0.05) is 49.4 Å². The van der Waals surface area contributed by atoms with Gasteiger partial charge in [-0.3, -0.25) is 9.69 Å². The highest BCUT2D eigenvalue weighted by Gasteiger charge is 2.17. The molecule has 0 unspecified atom stereocenters. The molecule has 0 atom stereocenters. The van der Waals surface area contributed by atoms with E-state index in [0.29, 0.717) is 12.3 Å². The van der Waals surface area contributed by atoms with Crippen LogP contribution >= 0.6 is 0 Å².